The topological polar surface area (TPSA) is 96.2 Å². The normalized spacial score (nSPS) is 15.2. The van der Waals surface area contributed by atoms with E-state index in [0.717, 1.165) is 11.5 Å². The van der Waals surface area contributed by atoms with Gasteiger partial charge in [0.25, 0.3) is 10.0 Å². The quantitative estimate of drug-likeness (QED) is 0.610. The number of sulfonamides is 1. The van der Waals surface area contributed by atoms with Crippen LogP contribution in [0.25, 0.3) is 0 Å². The third kappa shape index (κ3) is 4.61. The van der Waals surface area contributed by atoms with Gasteiger partial charge in [-0.3, -0.25) is 0 Å². The van der Waals surface area contributed by atoms with Crippen LogP contribution in [-0.2, 0) is 16.6 Å². The lowest BCUT2D eigenvalue weighted by Gasteiger charge is -2.34. The molecule has 0 radical (unpaired) electrons. The highest BCUT2D eigenvalue weighted by Crippen LogP contribution is 2.23. The fraction of sp³-hybridized carbons (Fsp3) is 0.409. The maximum absolute atomic E-state index is 13.0. The number of nitrogens with one attached hydrogen (secondary N) is 1. The Morgan fingerprint density at radius 3 is 2.28 bits per heavy atom. The maximum atomic E-state index is 13.0. The van der Waals surface area contributed by atoms with Gasteiger partial charge in [-0.1, -0.05) is 17.7 Å². The van der Waals surface area contributed by atoms with E-state index in [1.807, 2.05) is 62.6 Å². The number of rotatable bonds is 6. The molecule has 1 aliphatic rings. The van der Waals surface area contributed by atoms with Gasteiger partial charge in [-0.25, -0.2) is 23.4 Å². The second kappa shape index (κ2) is 8.87. The molecule has 1 N–H and O–H groups in total. The summed E-state index contributed by atoms with van der Waals surface area (Å²) in [7, 11) is -3.61. The minimum Gasteiger partial charge on any atom is -0.354 e. The Hall–Kier alpha value is -2.98. The highest BCUT2D eigenvalue weighted by Gasteiger charge is 2.31. The Morgan fingerprint density at radius 2 is 1.66 bits per heavy atom. The van der Waals surface area contributed by atoms with E-state index in [-0.39, 0.29) is 5.03 Å². The standard InChI is InChI=1S/C22H29N7O2S/c1-5-27-15-22(25-18(27)4)32(30,31)29-12-10-28(11-13-29)21-14-20(23-17(3)24-21)26-19-8-6-16(2)7-9-19/h6-9,14-15H,5,10-13H2,1-4H3,(H,23,24,26). The van der Waals surface area contributed by atoms with Gasteiger partial charge in [0.15, 0.2) is 5.03 Å². The Bertz CT molecular complexity index is 1200. The molecule has 0 bridgehead atoms. The number of imidazole rings is 1. The highest BCUT2D eigenvalue weighted by molar-refractivity contribution is 7.89. The van der Waals surface area contributed by atoms with E-state index in [4.69, 9.17) is 0 Å². The number of hydrogen-bond donors (Lipinski definition) is 1. The molecule has 1 fully saturated rings. The van der Waals surface area contributed by atoms with Crippen molar-refractivity contribution in [3.63, 3.8) is 0 Å². The molecule has 2 aromatic heterocycles. The van der Waals surface area contributed by atoms with Crippen LogP contribution >= 0.6 is 0 Å². The van der Waals surface area contributed by atoms with Crippen LogP contribution in [0.15, 0.2) is 41.6 Å². The van der Waals surface area contributed by atoms with Gasteiger partial charge in [0, 0.05) is 50.7 Å². The molecule has 0 aliphatic carbocycles. The van der Waals surface area contributed by atoms with Gasteiger partial charge < -0.3 is 14.8 Å². The van der Waals surface area contributed by atoms with Crippen molar-refractivity contribution in [1.29, 1.82) is 0 Å². The number of piperazine rings is 1. The number of aryl methyl sites for hydroxylation is 4. The van der Waals surface area contributed by atoms with Crippen molar-refractivity contribution in [2.24, 2.45) is 0 Å². The molecular formula is C22H29N7O2S. The molecule has 1 aliphatic heterocycles. The smallest absolute Gasteiger partial charge is 0.262 e. The van der Waals surface area contributed by atoms with Crippen LogP contribution in [0.5, 0.6) is 0 Å². The summed E-state index contributed by atoms with van der Waals surface area (Å²) in [4.78, 5) is 15.4. The number of hydrogen-bond acceptors (Lipinski definition) is 7. The van der Waals surface area contributed by atoms with Gasteiger partial charge in [-0.05, 0) is 39.8 Å². The van der Waals surface area contributed by atoms with Gasteiger partial charge in [-0.2, -0.15) is 4.31 Å². The van der Waals surface area contributed by atoms with Gasteiger partial charge >= 0.3 is 0 Å². The number of benzene rings is 1. The summed E-state index contributed by atoms with van der Waals surface area (Å²) in [6.45, 7) is 10.2. The number of nitrogens with zero attached hydrogens (tertiary/aromatic N) is 6. The summed E-state index contributed by atoms with van der Waals surface area (Å²) < 4.78 is 29.4. The fourth-order valence-corrected chi connectivity index (χ4v) is 5.19. The van der Waals surface area contributed by atoms with Crippen molar-refractivity contribution in [2.45, 2.75) is 39.3 Å². The summed E-state index contributed by atoms with van der Waals surface area (Å²) in [5.74, 6) is 2.87. The summed E-state index contributed by atoms with van der Waals surface area (Å²) >= 11 is 0. The van der Waals surface area contributed by atoms with Crippen molar-refractivity contribution in [3.8, 4) is 0 Å². The van der Waals surface area contributed by atoms with Gasteiger partial charge in [0.2, 0.25) is 0 Å². The van der Waals surface area contributed by atoms with Crippen molar-refractivity contribution in [2.75, 3.05) is 36.4 Å². The summed E-state index contributed by atoms with van der Waals surface area (Å²) in [6, 6.07) is 10.0. The Labute approximate surface area is 189 Å². The van der Waals surface area contributed by atoms with Crippen LogP contribution in [0, 0.1) is 20.8 Å². The minimum atomic E-state index is -3.61. The van der Waals surface area contributed by atoms with E-state index in [0.29, 0.717) is 50.2 Å². The largest absolute Gasteiger partial charge is 0.354 e. The second-order valence-electron chi connectivity index (χ2n) is 7.95. The molecule has 9 nitrogen and oxygen atoms in total. The van der Waals surface area contributed by atoms with Crippen LogP contribution in [0.4, 0.5) is 17.3 Å². The molecule has 3 aromatic rings. The molecule has 4 rings (SSSR count). The van der Waals surface area contributed by atoms with Crippen molar-refractivity contribution in [1.82, 2.24) is 23.8 Å². The van der Waals surface area contributed by atoms with Crippen molar-refractivity contribution < 1.29 is 8.42 Å². The Kier molecular flexibility index (Phi) is 6.16. The van der Waals surface area contributed by atoms with Crippen LogP contribution in [0.1, 0.15) is 24.1 Å². The van der Waals surface area contributed by atoms with E-state index >= 15 is 0 Å². The van der Waals surface area contributed by atoms with Gasteiger partial charge in [0.05, 0.1) is 0 Å². The summed E-state index contributed by atoms with van der Waals surface area (Å²) in [6.07, 6.45) is 1.62. The monoisotopic (exact) mass is 455 g/mol. The lowest BCUT2D eigenvalue weighted by Crippen LogP contribution is -2.49. The predicted octanol–water partition coefficient (Wildman–Crippen LogP) is 2.87. The molecular weight excluding hydrogens is 426 g/mol. The Morgan fingerprint density at radius 1 is 0.969 bits per heavy atom. The molecule has 0 spiro atoms. The first kappa shape index (κ1) is 22.2. The Balaban J connectivity index is 1.46. The van der Waals surface area contributed by atoms with Crippen molar-refractivity contribution >= 4 is 27.3 Å². The molecule has 0 amide bonds. The zero-order valence-electron chi connectivity index (χ0n) is 18.9. The number of aromatic nitrogens is 4. The first-order valence-corrected chi connectivity index (χ1v) is 12.2. The molecule has 1 aromatic carbocycles. The minimum absolute atomic E-state index is 0.118. The van der Waals surface area contributed by atoms with Crippen LogP contribution < -0.4 is 10.2 Å². The predicted molar refractivity (Wildman–Crippen MR) is 125 cm³/mol. The number of anilines is 3. The van der Waals surface area contributed by atoms with E-state index < -0.39 is 10.0 Å². The molecule has 0 unspecified atom stereocenters. The lowest BCUT2D eigenvalue weighted by atomic mass is 10.2. The molecule has 10 heteroatoms. The van der Waals surface area contributed by atoms with E-state index in [1.54, 1.807) is 6.20 Å². The molecule has 0 atom stereocenters. The van der Waals surface area contributed by atoms with Crippen LogP contribution in [0.2, 0.25) is 0 Å². The lowest BCUT2D eigenvalue weighted by molar-refractivity contribution is 0.382. The third-order valence-corrected chi connectivity index (χ3v) is 7.38. The molecule has 3 heterocycles. The van der Waals surface area contributed by atoms with E-state index in [9.17, 15) is 8.42 Å². The average Bonchev–Trinajstić information content (AvgIpc) is 3.16. The van der Waals surface area contributed by atoms with Crippen LogP contribution in [0.3, 0.4) is 0 Å². The zero-order valence-corrected chi connectivity index (χ0v) is 19.7. The van der Waals surface area contributed by atoms with E-state index in [1.165, 1.54) is 9.87 Å². The maximum Gasteiger partial charge on any atom is 0.262 e. The second-order valence-corrected chi connectivity index (χ2v) is 9.84. The molecule has 170 valence electrons. The van der Waals surface area contributed by atoms with Crippen LogP contribution in [-0.4, -0.2) is 58.4 Å². The van der Waals surface area contributed by atoms with Gasteiger partial charge in [0.1, 0.15) is 23.3 Å². The summed E-state index contributed by atoms with van der Waals surface area (Å²) in [5, 5.41) is 3.44. The molecule has 32 heavy (non-hydrogen) atoms. The summed E-state index contributed by atoms with van der Waals surface area (Å²) in [5.41, 5.74) is 2.15. The highest BCUT2D eigenvalue weighted by atomic mass is 32.2. The van der Waals surface area contributed by atoms with Gasteiger partial charge in [-0.15, -0.1) is 0 Å². The average molecular weight is 456 g/mol. The zero-order chi connectivity index (χ0) is 22.9. The molecule has 1 saturated heterocycles. The first-order chi connectivity index (χ1) is 15.3. The SMILES string of the molecule is CCn1cc(S(=O)(=O)N2CCN(c3cc(Nc4ccc(C)cc4)nc(C)n3)CC2)nc1C. The first-order valence-electron chi connectivity index (χ1n) is 10.7. The van der Waals surface area contributed by atoms with Crippen molar-refractivity contribution in [3.05, 3.63) is 53.7 Å². The fourth-order valence-electron chi connectivity index (χ4n) is 3.78. The molecule has 0 saturated carbocycles. The third-order valence-electron chi connectivity index (χ3n) is 5.61. The van der Waals surface area contributed by atoms with E-state index in [2.05, 4.69) is 25.2 Å².